The smallest absolute Gasteiger partial charge is 0.253 e. The molecule has 1 aliphatic rings. The average molecular weight is 328 g/mol. The third-order valence-corrected chi connectivity index (χ3v) is 4.28. The molecule has 130 valence electrons. The van der Waals surface area contributed by atoms with Crippen molar-refractivity contribution in [1.82, 2.24) is 15.5 Å². The van der Waals surface area contributed by atoms with Gasteiger partial charge in [-0.2, -0.15) is 0 Å². The van der Waals surface area contributed by atoms with E-state index in [1.807, 2.05) is 43.0 Å². The summed E-state index contributed by atoms with van der Waals surface area (Å²) in [4.78, 5) is 18.4. The van der Waals surface area contributed by atoms with Gasteiger partial charge in [-0.15, -0.1) is 0 Å². The van der Waals surface area contributed by atoms with E-state index < -0.39 is 0 Å². The van der Waals surface area contributed by atoms with Crippen LogP contribution in [0.1, 0.15) is 42.6 Å². The minimum absolute atomic E-state index is 0.0886. The largest absolute Gasteiger partial charge is 0.353 e. The first-order chi connectivity index (χ1) is 11.7. The average Bonchev–Trinajstić information content (AvgIpc) is 3.13. The number of carbonyl (C=O) groups excluding carboxylic acids is 1. The molecule has 0 spiro atoms. The van der Waals surface area contributed by atoms with Crippen LogP contribution in [0.4, 0.5) is 0 Å². The second-order valence-electron chi connectivity index (χ2n) is 5.88. The summed E-state index contributed by atoms with van der Waals surface area (Å²) in [6.45, 7) is 6.14. The summed E-state index contributed by atoms with van der Waals surface area (Å²) in [5.41, 5.74) is 1.86. The molecule has 0 fully saturated rings. The van der Waals surface area contributed by atoms with E-state index in [0.29, 0.717) is 12.6 Å². The number of hydrogen-bond acceptors (Lipinski definition) is 2. The summed E-state index contributed by atoms with van der Waals surface area (Å²) >= 11 is 0. The lowest BCUT2D eigenvalue weighted by atomic mass is 10.1. The molecular weight excluding hydrogens is 300 g/mol. The van der Waals surface area contributed by atoms with Gasteiger partial charge in [0.25, 0.3) is 5.91 Å². The first-order valence-corrected chi connectivity index (χ1v) is 8.68. The summed E-state index contributed by atoms with van der Waals surface area (Å²) in [6, 6.07) is 8.22. The minimum Gasteiger partial charge on any atom is -0.353 e. The van der Waals surface area contributed by atoms with Crippen LogP contribution in [0.2, 0.25) is 0 Å². The number of amides is 1. The zero-order chi connectivity index (χ0) is 17.4. The maximum absolute atomic E-state index is 12.3. The number of guanidine groups is 1. The quantitative estimate of drug-likeness (QED) is 0.479. The molecule has 2 rings (SSSR count). The zero-order valence-corrected chi connectivity index (χ0v) is 14.9. The number of carbonyl (C=O) groups is 1. The molecule has 2 N–H and O–H groups in total. The molecule has 0 unspecified atom stereocenters. The predicted octanol–water partition coefficient (Wildman–Crippen LogP) is 2.55. The molecule has 5 nitrogen and oxygen atoms in total. The van der Waals surface area contributed by atoms with Crippen LogP contribution in [0.3, 0.4) is 0 Å². The molecule has 1 amide bonds. The fraction of sp³-hybridized carbons (Fsp3) is 0.474. The molecule has 0 bridgehead atoms. The van der Waals surface area contributed by atoms with Crippen molar-refractivity contribution in [2.75, 3.05) is 20.1 Å². The molecule has 0 atom stereocenters. The van der Waals surface area contributed by atoms with Crippen LogP contribution in [0.25, 0.3) is 0 Å². The normalized spacial score (nSPS) is 14.7. The van der Waals surface area contributed by atoms with E-state index in [2.05, 4.69) is 27.8 Å². The zero-order valence-electron chi connectivity index (χ0n) is 14.9. The van der Waals surface area contributed by atoms with Crippen LogP contribution < -0.4 is 10.6 Å². The Bertz CT molecular complexity index is 580. The van der Waals surface area contributed by atoms with Crippen LogP contribution in [0, 0.1) is 0 Å². The Morgan fingerprint density at radius 3 is 2.33 bits per heavy atom. The molecule has 1 aromatic carbocycles. The lowest BCUT2D eigenvalue weighted by Gasteiger charge is -2.19. The summed E-state index contributed by atoms with van der Waals surface area (Å²) in [7, 11) is 1.78. The predicted molar refractivity (Wildman–Crippen MR) is 99.2 cm³/mol. The second kappa shape index (κ2) is 9.11. The van der Waals surface area contributed by atoms with E-state index in [1.165, 1.54) is 0 Å². The molecule has 0 saturated heterocycles. The van der Waals surface area contributed by atoms with Crippen molar-refractivity contribution >= 4 is 11.9 Å². The second-order valence-corrected chi connectivity index (χ2v) is 5.88. The maximum Gasteiger partial charge on any atom is 0.253 e. The van der Waals surface area contributed by atoms with E-state index in [4.69, 9.17) is 0 Å². The Balaban J connectivity index is 1.87. The van der Waals surface area contributed by atoms with Gasteiger partial charge < -0.3 is 15.5 Å². The Labute approximate surface area is 144 Å². The molecular formula is C19H28N4O. The highest BCUT2D eigenvalue weighted by Gasteiger charge is 2.13. The van der Waals surface area contributed by atoms with Gasteiger partial charge in [0.05, 0.1) is 0 Å². The number of aliphatic imine (C=N–C) groups is 1. The molecule has 0 aromatic heterocycles. The third kappa shape index (κ3) is 4.85. The van der Waals surface area contributed by atoms with Gasteiger partial charge in [0.1, 0.15) is 0 Å². The third-order valence-electron chi connectivity index (χ3n) is 4.28. The van der Waals surface area contributed by atoms with Gasteiger partial charge in [-0.25, -0.2) is 0 Å². The molecule has 1 aromatic rings. The lowest BCUT2D eigenvalue weighted by Crippen LogP contribution is -2.42. The van der Waals surface area contributed by atoms with Gasteiger partial charge in [0.15, 0.2) is 5.96 Å². The topological polar surface area (TPSA) is 56.7 Å². The number of nitrogens with one attached hydrogen (secondary N) is 2. The van der Waals surface area contributed by atoms with E-state index in [-0.39, 0.29) is 5.91 Å². The minimum atomic E-state index is 0.0886. The molecule has 0 saturated carbocycles. The van der Waals surface area contributed by atoms with Gasteiger partial charge in [-0.3, -0.25) is 9.79 Å². The molecule has 0 aliphatic heterocycles. The summed E-state index contributed by atoms with van der Waals surface area (Å²) in [6.07, 6.45) is 6.47. The van der Waals surface area contributed by atoms with Crippen molar-refractivity contribution in [3.8, 4) is 0 Å². The molecule has 24 heavy (non-hydrogen) atoms. The monoisotopic (exact) mass is 328 g/mol. The van der Waals surface area contributed by atoms with Crippen LogP contribution in [-0.2, 0) is 6.54 Å². The summed E-state index contributed by atoms with van der Waals surface area (Å²) in [5, 5.41) is 6.73. The Morgan fingerprint density at radius 2 is 1.79 bits per heavy atom. The van der Waals surface area contributed by atoms with Crippen molar-refractivity contribution in [2.24, 2.45) is 4.99 Å². The van der Waals surface area contributed by atoms with Crippen molar-refractivity contribution in [3.63, 3.8) is 0 Å². The lowest BCUT2D eigenvalue weighted by molar-refractivity contribution is 0.0773. The van der Waals surface area contributed by atoms with Gasteiger partial charge >= 0.3 is 0 Å². The van der Waals surface area contributed by atoms with Crippen LogP contribution >= 0.6 is 0 Å². The summed E-state index contributed by atoms with van der Waals surface area (Å²) < 4.78 is 0. The van der Waals surface area contributed by atoms with Crippen molar-refractivity contribution in [3.05, 3.63) is 47.5 Å². The number of hydrogen-bond donors (Lipinski definition) is 2. The first-order valence-electron chi connectivity index (χ1n) is 8.68. The summed E-state index contributed by atoms with van der Waals surface area (Å²) in [5.74, 6) is 0.901. The van der Waals surface area contributed by atoms with Gasteiger partial charge in [-0.05, 0) is 44.4 Å². The highest BCUT2D eigenvalue weighted by molar-refractivity contribution is 5.94. The Hall–Kier alpha value is -2.30. The standard InChI is InChI=1S/C19H28N4O/c1-4-23(5-2)18(24)16-12-10-15(11-13-16)14-21-19(20-3)22-17-8-6-7-9-17/h6-7,10-13,17H,4-5,8-9,14H2,1-3H3,(H2,20,21,22). The number of benzene rings is 1. The van der Waals surface area contributed by atoms with E-state index in [0.717, 1.165) is 43.0 Å². The molecule has 5 heteroatoms. The van der Waals surface area contributed by atoms with Crippen LogP contribution in [0.5, 0.6) is 0 Å². The maximum atomic E-state index is 12.3. The van der Waals surface area contributed by atoms with E-state index >= 15 is 0 Å². The van der Waals surface area contributed by atoms with E-state index in [1.54, 1.807) is 7.05 Å². The highest BCUT2D eigenvalue weighted by atomic mass is 16.2. The van der Waals surface area contributed by atoms with Gasteiger partial charge in [-0.1, -0.05) is 24.3 Å². The number of nitrogens with zero attached hydrogens (tertiary/aromatic N) is 2. The fourth-order valence-corrected chi connectivity index (χ4v) is 2.77. The molecule has 0 radical (unpaired) electrons. The van der Waals surface area contributed by atoms with Gasteiger partial charge in [0, 0.05) is 38.3 Å². The van der Waals surface area contributed by atoms with Crippen LogP contribution in [-0.4, -0.2) is 42.9 Å². The van der Waals surface area contributed by atoms with E-state index in [9.17, 15) is 4.79 Å². The first kappa shape index (κ1) is 18.0. The number of rotatable bonds is 6. The SMILES string of the molecule is CCN(CC)C(=O)c1ccc(CNC(=NC)NC2CC=CC2)cc1. The van der Waals surface area contributed by atoms with Crippen LogP contribution in [0.15, 0.2) is 41.4 Å². The molecule has 1 aliphatic carbocycles. The Kier molecular flexibility index (Phi) is 6.85. The fourth-order valence-electron chi connectivity index (χ4n) is 2.77. The Morgan fingerprint density at radius 1 is 1.17 bits per heavy atom. The van der Waals surface area contributed by atoms with Crippen molar-refractivity contribution in [2.45, 2.75) is 39.3 Å². The highest BCUT2D eigenvalue weighted by Crippen LogP contribution is 2.10. The molecule has 0 heterocycles. The van der Waals surface area contributed by atoms with Gasteiger partial charge in [0.2, 0.25) is 0 Å². The van der Waals surface area contributed by atoms with Crippen molar-refractivity contribution < 1.29 is 4.79 Å². The van der Waals surface area contributed by atoms with Crippen molar-refractivity contribution in [1.29, 1.82) is 0 Å².